The molecule has 1 unspecified atom stereocenters. The molecule has 0 aliphatic carbocycles. The van der Waals surface area contributed by atoms with Crippen molar-refractivity contribution >= 4 is 38.5 Å². The molecule has 0 radical (unpaired) electrons. The summed E-state index contributed by atoms with van der Waals surface area (Å²) in [6, 6.07) is 9.95. The van der Waals surface area contributed by atoms with Crippen LogP contribution in [0.2, 0.25) is 0 Å². The first kappa shape index (κ1) is 21.0. The average Bonchev–Trinajstić information content (AvgIpc) is 3.34. The van der Waals surface area contributed by atoms with Crippen molar-refractivity contribution in [3.8, 4) is 11.5 Å². The van der Waals surface area contributed by atoms with Crippen LogP contribution < -0.4 is 14.8 Å². The Morgan fingerprint density at radius 1 is 1.23 bits per heavy atom. The summed E-state index contributed by atoms with van der Waals surface area (Å²) in [7, 11) is 3.16. The van der Waals surface area contributed by atoms with Gasteiger partial charge in [0, 0.05) is 19.5 Å². The van der Waals surface area contributed by atoms with E-state index < -0.39 is 5.92 Å². The molecule has 1 aromatic heterocycles. The Bertz CT molecular complexity index is 1130. The molecule has 7 nitrogen and oxygen atoms in total. The van der Waals surface area contributed by atoms with Crippen molar-refractivity contribution in [3.63, 3.8) is 0 Å². The molecule has 0 spiro atoms. The third kappa shape index (κ3) is 4.61. The fraction of sp³-hybridized carbons (Fsp3) is 0.318. The van der Waals surface area contributed by atoms with E-state index in [0.717, 1.165) is 5.56 Å². The van der Waals surface area contributed by atoms with Crippen molar-refractivity contribution < 1.29 is 23.5 Å². The number of aromatic nitrogens is 1. The number of rotatable bonds is 7. The predicted molar refractivity (Wildman–Crippen MR) is 116 cm³/mol. The highest BCUT2D eigenvalue weighted by atomic mass is 32.1. The monoisotopic (exact) mass is 443 g/mol. The fourth-order valence-corrected chi connectivity index (χ4v) is 4.52. The molecular weight excluding hydrogens is 421 g/mol. The van der Waals surface area contributed by atoms with Gasteiger partial charge in [0.1, 0.15) is 5.82 Å². The second kappa shape index (κ2) is 8.89. The van der Waals surface area contributed by atoms with Crippen molar-refractivity contribution in [2.75, 3.05) is 32.6 Å². The zero-order valence-electron chi connectivity index (χ0n) is 17.2. The van der Waals surface area contributed by atoms with E-state index in [4.69, 9.17) is 9.47 Å². The highest BCUT2D eigenvalue weighted by Gasteiger charge is 2.34. The van der Waals surface area contributed by atoms with Gasteiger partial charge < -0.3 is 19.7 Å². The molecule has 1 aliphatic heterocycles. The van der Waals surface area contributed by atoms with E-state index in [-0.39, 0.29) is 24.1 Å². The average molecular weight is 444 g/mol. The number of nitrogens with one attached hydrogen (secondary N) is 1. The SMILES string of the molecule is COc1ccc(CCN2CC(C(=O)Nc3nc4ccc(F)cc4s3)CC2=O)cc1OC. The number of hydrogen-bond acceptors (Lipinski definition) is 6. The minimum absolute atomic E-state index is 0.0491. The van der Waals surface area contributed by atoms with Gasteiger partial charge in [-0.15, -0.1) is 0 Å². The summed E-state index contributed by atoms with van der Waals surface area (Å²) in [5.74, 6) is 0.203. The molecule has 3 aromatic rings. The molecule has 0 bridgehead atoms. The van der Waals surface area contributed by atoms with E-state index in [1.54, 1.807) is 25.2 Å². The van der Waals surface area contributed by atoms with Gasteiger partial charge in [-0.3, -0.25) is 9.59 Å². The molecule has 1 fully saturated rings. The maximum Gasteiger partial charge on any atom is 0.231 e. The Hall–Kier alpha value is -3.20. The Kier molecular flexibility index (Phi) is 6.03. The largest absolute Gasteiger partial charge is 0.493 e. The smallest absolute Gasteiger partial charge is 0.231 e. The molecule has 1 atom stereocenters. The van der Waals surface area contributed by atoms with Gasteiger partial charge in [-0.05, 0) is 42.3 Å². The molecule has 31 heavy (non-hydrogen) atoms. The summed E-state index contributed by atoms with van der Waals surface area (Å²) >= 11 is 1.21. The minimum atomic E-state index is -0.443. The summed E-state index contributed by atoms with van der Waals surface area (Å²) < 4.78 is 24.6. The van der Waals surface area contributed by atoms with Gasteiger partial charge in [-0.25, -0.2) is 9.37 Å². The van der Waals surface area contributed by atoms with Gasteiger partial charge in [0.05, 0.1) is 30.4 Å². The van der Waals surface area contributed by atoms with Crippen LogP contribution in [-0.2, 0) is 16.0 Å². The minimum Gasteiger partial charge on any atom is -0.493 e. The molecular formula is C22H22FN3O4S. The zero-order chi connectivity index (χ0) is 22.0. The Morgan fingerprint density at radius 3 is 2.81 bits per heavy atom. The predicted octanol–water partition coefficient (Wildman–Crippen LogP) is 3.48. The summed E-state index contributed by atoms with van der Waals surface area (Å²) in [6.45, 7) is 0.871. The second-order valence-corrected chi connectivity index (χ2v) is 8.33. The molecule has 1 N–H and O–H groups in total. The third-order valence-electron chi connectivity index (χ3n) is 5.28. The van der Waals surface area contributed by atoms with Crippen molar-refractivity contribution in [2.24, 2.45) is 5.92 Å². The number of anilines is 1. The fourth-order valence-electron chi connectivity index (χ4n) is 3.62. The van der Waals surface area contributed by atoms with Crippen LogP contribution in [0.15, 0.2) is 36.4 Å². The number of thiazole rings is 1. The van der Waals surface area contributed by atoms with Gasteiger partial charge in [0.2, 0.25) is 11.8 Å². The molecule has 1 aliphatic rings. The van der Waals surface area contributed by atoms with Gasteiger partial charge >= 0.3 is 0 Å². The van der Waals surface area contributed by atoms with Gasteiger partial charge in [0.15, 0.2) is 16.6 Å². The first-order chi connectivity index (χ1) is 15.0. The normalized spacial score (nSPS) is 16.0. The summed E-state index contributed by atoms with van der Waals surface area (Å²) in [5.41, 5.74) is 1.64. The number of carbonyl (C=O) groups is 2. The molecule has 2 aromatic carbocycles. The lowest BCUT2D eigenvalue weighted by molar-refractivity contribution is -0.128. The second-order valence-electron chi connectivity index (χ2n) is 7.30. The highest BCUT2D eigenvalue weighted by Crippen LogP contribution is 2.29. The van der Waals surface area contributed by atoms with E-state index in [0.29, 0.717) is 46.4 Å². The van der Waals surface area contributed by atoms with Crippen LogP contribution >= 0.6 is 11.3 Å². The van der Waals surface area contributed by atoms with Crippen LogP contribution in [0.25, 0.3) is 10.2 Å². The third-order valence-corrected chi connectivity index (χ3v) is 6.22. The number of amides is 2. The standard InChI is InChI=1S/C22H22FN3O4S/c1-29-17-6-3-13(9-18(17)30-2)7-8-26-12-14(10-20(26)27)21(28)25-22-24-16-5-4-15(23)11-19(16)31-22/h3-6,9,11,14H,7-8,10,12H2,1-2H3,(H,24,25,28). The Labute approximate surface area is 182 Å². The Balaban J connectivity index is 1.35. The first-order valence-electron chi connectivity index (χ1n) is 9.82. The van der Waals surface area contributed by atoms with Crippen LogP contribution in [0.5, 0.6) is 11.5 Å². The van der Waals surface area contributed by atoms with Crippen LogP contribution in [0.1, 0.15) is 12.0 Å². The van der Waals surface area contributed by atoms with E-state index >= 15 is 0 Å². The van der Waals surface area contributed by atoms with E-state index in [9.17, 15) is 14.0 Å². The number of nitrogens with zero attached hydrogens (tertiary/aromatic N) is 2. The zero-order valence-corrected chi connectivity index (χ0v) is 18.0. The first-order valence-corrected chi connectivity index (χ1v) is 10.6. The number of carbonyl (C=O) groups excluding carboxylic acids is 2. The van der Waals surface area contributed by atoms with Crippen molar-refractivity contribution in [2.45, 2.75) is 12.8 Å². The topological polar surface area (TPSA) is 80.8 Å². The van der Waals surface area contributed by atoms with Crippen LogP contribution in [0.4, 0.5) is 9.52 Å². The number of likely N-dealkylation sites (tertiary alicyclic amines) is 1. The quantitative estimate of drug-likeness (QED) is 0.605. The highest BCUT2D eigenvalue weighted by molar-refractivity contribution is 7.22. The number of halogens is 1. The lowest BCUT2D eigenvalue weighted by Crippen LogP contribution is -2.30. The van der Waals surface area contributed by atoms with E-state index in [1.165, 1.54) is 23.5 Å². The van der Waals surface area contributed by atoms with Gasteiger partial charge in [0.25, 0.3) is 0 Å². The number of benzene rings is 2. The van der Waals surface area contributed by atoms with Crippen molar-refractivity contribution in [1.82, 2.24) is 9.88 Å². The molecule has 2 heterocycles. The molecule has 1 saturated heterocycles. The van der Waals surface area contributed by atoms with Crippen LogP contribution in [-0.4, -0.2) is 49.0 Å². The Morgan fingerprint density at radius 2 is 2.03 bits per heavy atom. The lowest BCUT2D eigenvalue weighted by atomic mass is 10.1. The molecule has 9 heteroatoms. The van der Waals surface area contributed by atoms with Crippen molar-refractivity contribution in [1.29, 1.82) is 0 Å². The number of fused-ring (bicyclic) bond motifs is 1. The summed E-state index contributed by atoms with van der Waals surface area (Å²) in [4.78, 5) is 31.1. The maximum atomic E-state index is 13.4. The van der Waals surface area contributed by atoms with E-state index in [1.807, 2.05) is 18.2 Å². The maximum absolute atomic E-state index is 13.4. The number of hydrogen-bond donors (Lipinski definition) is 1. The van der Waals surface area contributed by atoms with Crippen molar-refractivity contribution in [3.05, 3.63) is 47.8 Å². The van der Waals surface area contributed by atoms with Crippen LogP contribution in [0, 0.1) is 11.7 Å². The van der Waals surface area contributed by atoms with Gasteiger partial charge in [-0.1, -0.05) is 17.4 Å². The molecule has 2 amide bonds. The summed E-state index contributed by atoms with van der Waals surface area (Å²) in [5, 5.41) is 3.18. The van der Waals surface area contributed by atoms with E-state index in [2.05, 4.69) is 10.3 Å². The number of methoxy groups -OCH3 is 2. The molecule has 0 saturated carbocycles. The number of ether oxygens (including phenoxy) is 2. The lowest BCUT2D eigenvalue weighted by Gasteiger charge is -2.17. The molecule has 4 rings (SSSR count). The van der Waals surface area contributed by atoms with Gasteiger partial charge in [-0.2, -0.15) is 0 Å². The van der Waals surface area contributed by atoms with Crippen LogP contribution in [0.3, 0.4) is 0 Å². The summed E-state index contributed by atoms with van der Waals surface area (Å²) in [6.07, 6.45) is 0.807. The molecule has 162 valence electrons.